The maximum Gasteiger partial charge on any atom is 0.161 e. The zero-order valence-corrected chi connectivity index (χ0v) is 12.3. The minimum absolute atomic E-state index is 0.0440. The molecule has 0 aliphatic carbocycles. The Labute approximate surface area is 125 Å². The maximum absolute atomic E-state index is 7.59. The number of nitrogen functional groups attached to an aromatic ring is 1. The number of hydrogen-bond acceptors (Lipinski definition) is 3. The number of ether oxygens (including phenoxy) is 2. The monoisotopic (exact) mass is 284 g/mol. The molecule has 0 fully saturated rings. The summed E-state index contributed by atoms with van der Waals surface area (Å²) in [6.45, 7) is 2.44. The molecule has 4 heteroatoms. The van der Waals surface area contributed by atoms with Crippen LogP contribution in [0.25, 0.3) is 0 Å². The van der Waals surface area contributed by atoms with Gasteiger partial charge in [0.1, 0.15) is 12.4 Å². The Hall–Kier alpha value is -2.49. The molecule has 0 atom stereocenters. The largest absolute Gasteiger partial charge is 0.493 e. The van der Waals surface area contributed by atoms with E-state index in [9.17, 15) is 0 Å². The first-order valence-corrected chi connectivity index (χ1v) is 6.87. The summed E-state index contributed by atoms with van der Waals surface area (Å²) in [4.78, 5) is 0. The average molecular weight is 284 g/mol. The summed E-state index contributed by atoms with van der Waals surface area (Å²) >= 11 is 0. The lowest BCUT2D eigenvalue weighted by atomic mass is 10.1. The molecule has 0 amide bonds. The number of hydrogen-bond donors (Lipinski definition) is 2. The van der Waals surface area contributed by atoms with Gasteiger partial charge in [0.2, 0.25) is 0 Å². The van der Waals surface area contributed by atoms with Crippen molar-refractivity contribution in [2.24, 2.45) is 5.73 Å². The molecule has 0 bridgehead atoms. The number of amidine groups is 1. The molecule has 0 unspecified atom stereocenters. The van der Waals surface area contributed by atoms with E-state index < -0.39 is 0 Å². The number of benzene rings is 2. The highest BCUT2D eigenvalue weighted by Gasteiger charge is 2.08. The Kier molecular flexibility index (Phi) is 4.82. The van der Waals surface area contributed by atoms with Gasteiger partial charge < -0.3 is 15.2 Å². The van der Waals surface area contributed by atoms with Crippen molar-refractivity contribution in [1.82, 2.24) is 0 Å². The quantitative estimate of drug-likeness (QED) is 0.632. The Bertz CT molecular complexity index is 638. The lowest BCUT2D eigenvalue weighted by Crippen LogP contribution is -2.14. The lowest BCUT2D eigenvalue weighted by molar-refractivity contribution is 0.284. The average Bonchev–Trinajstić information content (AvgIpc) is 2.52. The Morgan fingerprint density at radius 2 is 1.90 bits per heavy atom. The topological polar surface area (TPSA) is 68.3 Å². The molecule has 4 nitrogen and oxygen atoms in total. The first-order chi connectivity index (χ1) is 10.2. The zero-order valence-electron chi connectivity index (χ0n) is 12.3. The summed E-state index contributed by atoms with van der Waals surface area (Å²) in [5.41, 5.74) is 8.36. The smallest absolute Gasteiger partial charge is 0.161 e. The standard InChI is InChI=1S/C17H20N2O2/c1-3-12-8-9-15(16(10-12)20-2)21-11-13-6-4-5-7-14(13)17(18)19/h4-10H,3,11H2,1-2H3,(H3,18,19). The minimum atomic E-state index is 0.0440. The van der Waals surface area contributed by atoms with Gasteiger partial charge in [-0.3, -0.25) is 5.41 Å². The van der Waals surface area contributed by atoms with Gasteiger partial charge in [0.15, 0.2) is 11.5 Å². The summed E-state index contributed by atoms with van der Waals surface area (Å²) in [7, 11) is 1.63. The van der Waals surface area contributed by atoms with Gasteiger partial charge in [0.05, 0.1) is 7.11 Å². The molecule has 0 saturated carbocycles. The van der Waals surface area contributed by atoms with E-state index in [1.165, 1.54) is 5.56 Å². The Balaban J connectivity index is 2.19. The molecule has 2 aromatic rings. The van der Waals surface area contributed by atoms with Gasteiger partial charge in [0, 0.05) is 11.1 Å². The predicted molar refractivity (Wildman–Crippen MR) is 84.2 cm³/mol. The Morgan fingerprint density at radius 1 is 1.14 bits per heavy atom. The maximum atomic E-state index is 7.59. The van der Waals surface area contributed by atoms with E-state index in [0.29, 0.717) is 17.9 Å². The van der Waals surface area contributed by atoms with E-state index in [4.69, 9.17) is 20.6 Å². The molecule has 0 aromatic heterocycles. The molecule has 21 heavy (non-hydrogen) atoms. The Morgan fingerprint density at radius 3 is 2.57 bits per heavy atom. The fourth-order valence-corrected chi connectivity index (χ4v) is 2.12. The molecule has 3 N–H and O–H groups in total. The highest BCUT2D eigenvalue weighted by atomic mass is 16.5. The fraction of sp³-hybridized carbons (Fsp3) is 0.235. The van der Waals surface area contributed by atoms with Crippen LogP contribution in [0.2, 0.25) is 0 Å². The summed E-state index contributed by atoms with van der Waals surface area (Å²) in [5.74, 6) is 1.45. The molecule has 2 rings (SSSR count). The molecular formula is C17H20N2O2. The van der Waals surface area contributed by atoms with Gasteiger partial charge in [-0.2, -0.15) is 0 Å². The number of nitrogens with two attached hydrogens (primary N) is 1. The van der Waals surface area contributed by atoms with Crippen LogP contribution >= 0.6 is 0 Å². The first-order valence-electron chi connectivity index (χ1n) is 6.87. The second kappa shape index (κ2) is 6.79. The highest BCUT2D eigenvalue weighted by molar-refractivity contribution is 5.96. The van der Waals surface area contributed by atoms with E-state index in [2.05, 4.69) is 6.92 Å². The van der Waals surface area contributed by atoms with Crippen LogP contribution in [0.1, 0.15) is 23.6 Å². The van der Waals surface area contributed by atoms with Gasteiger partial charge in [0.25, 0.3) is 0 Å². The summed E-state index contributed by atoms with van der Waals surface area (Å²) in [6, 6.07) is 13.4. The molecule has 2 aromatic carbocycles. The summed E-state index contributed by atoms with van der Waals surface area (Å²) in [6.07, 6.45) is 0.948. The molecule has 0 spiro atoms. The van der Waals surface area contributed by atoms with E-state index in [0.717, 1.165) is 17.7 Å². The van der Waals surface area contributed by atoms with Crippen LogP contribution in [0.4, 0.5) is 0 Å². The molecule has 0 aliphatic heterocycles. The van der Waals surface area contributed by atoms with Crippen molar-refractivity contribution >= 4 is 5.84 Å². The fourth-order valence-electron chi connectivity index (χ4n) is 2.12. The van der Waals surface area contributed by atoms with Crippen LogP contribution in [0.5, 0.6) is 11.5 Å². The minimum Gasteiger partial charge on any atom is -0.493 e. The van der Waals surface area contributed by atoms with Crippen molar-refractivity contribution in [3.05, 3.63) is 59.2 Å². The van der Waals surface area contributed by atoms with E-state index in [-0.39, 0.29) is 5.84 Å². The van der Waals surface area contributed by atoms with E-state index in [1.54, 1.807) is 7.11 Å². The van der Waals surface area contributed by atoms with Crippen molar-refractivity contribution in [2.75, 3.05) is 7.11 Å². The van der Waals surface area contributed by atoms with Crippen LogP contribution < -0.4 is 15.2 Å². The van der Waals surface area contributed by atoms with Crippen LogP contribution in [0, 0.1) is 5.41 Å². The van der Waals surface area contributed by atoms with Gasteiger partial charge >= 0.3 is 0 Å². The number of nitrogens with one attached hydrogen (secondary N) is 1. The molecule has 0 heterocycles. The SMILES string of the molecule is CCc1ccc(OCc2ccccc2C(=N)N)c(OC)c1. The van der Waals surface area contributed by atoms with Gasteiger partial charge in [-0.1, -0.05) is 37.3 Å². The molecule has 0 radical (unpaired) electrons. The second-order valence-electron chi connectivity index (χ2n) is 4.70. The summed E-state index contributed by atoms with van der Waals surface area (Å²) in [5, 5.41) is 7.59. The molecule has 110 valence electrons. The molecule has 0 aliphatic rings. The first kappa shape index (κ1) is 14.9. The van der Waals surface area contributed by atoms with E-state index >= 15 is 0 Å². The third kappa shape index (κ3) is 3.54. The number of aryl methyl sites for hydroxylation is 1. The van der Waals surface area contributed by atoms with Crippen molar-refractivity contribution in [1.29, 1.82) is 5.41 Å². The molecular weight excluding hydrogens is 264 g/mol. The third-order valence-electron chi connectivity index (χ3n) is 3.33. The normalized spacial score (nSPS) is 10.2. The van der Waals surface area contributed by atoms with E-state index in [1.807, 2.05) is 42.5 Å². The van der Waals surface area contributed by atoms with Crippen LogP contribution in [-0.4, -0.2) is 12.9 Å². The van der Waals surface area contributed by atoms with Crippen LogP contribution in [-0.2, 0) is 13.0 Å². The third-order valence-corrected chi connectivity index (χ3v) is 3.33. The summed E-state index contributed by atoms with van der Waals surface area (Å²) < 4.78 is 11.2. The number of methoxy groups -OCH3 is 1. The van der Waals surface area contributed by atoms with Crippen molar-refractivity contribution in [2.45, 2.75) is 20.0 Å². The van der Waals surface area contributed by atoms with Gasteiger partial charge in [-0.05, 0) is 24.1 Å². The van der Waals surface area contributed by atoms with Crippen LogP contribution in [0.3, 0.4) is 0 Å². The second-order valence-corrected chi connectivity index (χ2v) is 4.70. The van der Waals surface area contributed by atoms with Crippen molar-refractivity contribution in [3.63, 3.8) is 0 Å². The lowest BCUT2D eigenvalue weighted by Gasteiger charge is -2.13. The zero-order chi connectivity index (χ0) is 15.2. The highest BCUT2D eigenvalue weighted by Crippen LogP contribution is 2.29. The van der Waals surface area contributed by atoms with Gasteiger partial charge in [-0.15, -0.1) is 0 Å². The molecule has 0 saturated heterocycles. The van der Waals surface area contributed by atoms with Gasteiger partial charge in [-0.25, -0.2) is 0 Å². The number of rotatable bonds is 6. The van der Waals surface area contributed by atoms with Crippen LogP contribution in [0.15, 0.2) is 42.5 Å². The predicted octanol–water partition coefficient (Wildman–Crippen LogP) is 3.12. The van der Waals surface area contributed by atoms with Crippen molar-refractivity contribution in [3.8, 4) is 11.5 Å². The van der Waals surface area contributed by atoms with Crippen molar-refractivity contribution < 1.29 is 9.47 Å².